The molecule has 0 fully saturated rings. The maximum absolute atomic E-state index is 10.1. The Morgan fingerprint density at radius 3 is 1.97 bits per heavy atom. The van der Waals surface area contributed by atoms with E-state index in [1.807, 2.05) is 31.3 Å². The monoisotopic (exact) mass is 395 g/mol. The van der Waals surface area contributed by atoms with E-state index < -0.39 is 7.92 Å². The minimum atomic E-state index is -0.715. The van der Waals surface area contributed by atoms with Gasteiger partial charge in [-0.3, -0.25) is 4.99 Å². The molecule has 3 heteroatoms. The molecule has 1 N–H and O–H groups in total. The lowest BCUT2D eigenvalue weighted by atomic mass is 10.2. The summed E-state index contributed by atoms with van der Waals surface area (Å²) >= 11 is 0. The first-order valence-electron chi connectivity index (χ1n) is 9.55. The standard InChI is InChI=1S/C26H22NOP/c1-20-16-17-25(28)24(18-20)27-19-21-10-8-9-15-26(21)29(22-11-4-2-5-12-22)23-13-6-3-7-14-23/h2-19,28H,1H3/b27-19+. The molecule has 4 aromatic rings. The molecule has 0 bridgehead atoms. The zero-order valence-corrected chi connectivity index (χ0v) is 17.1. The van der Waals surface area contributed by atoms with Crippen molar-refractivity contribution >= 4 is 35.7 Å². The van der Waals surface area contributed by atoms with Gasteiger partial charge in [-0.25, -0.2) is 0 Å². The van der Waals surface area contributed by atoms with Crippen LogP contribution in [0.15, 0.2) is 108 Å². The molecule has 0 aromatic heterocycles. The van der Waals surface area contributed by atoms with Crippen molar-refractivity contribution in [3.63, 3.8) is 0 Å². The molecule has 0 atom stereocenters. The van der Waals surface area contributed by atoms with Crippen LogP contribution in [0.3, 0.4) is 0 Å². The van der Waals surface area contributed by atoms with E-state index in [4.69, 9.17) is 0 Å². The summed E-state index contributed by atoms with van der Waals surface area (Å²) in [5.74, 6) is 0.192. The van der Waals surface area contributed by atoms with Crippen molar-refractivity contribution in [1.82, 2.24) is 0 Å². The van der Waals surface area contributed by atoms with E-state index in [-0.39, 0.29) is 5.75 Å². The van der Waals surface area contributed by atoms with Gasteiger partial charge in [-0.2, -0.15) is 0 Å². The molecule has 0 radical (unpaired) electrons. The van der Waals surface area contributed by atoms with E-state index in [2.05, 4.69) is 83.9 Å². The molecule has 0 amide bonds. The summed E-state index contributed by atoms with van der Waals surface area (Å²) in [6, 6.07) is 35.1. The number of aliphatic imine (C=N–C) groups is 1. The van der Waals surface area contributed by atoms with Gasteiger partial charge in [-0.15, -0.1) is 0 Å². The number of hydrogen-bond acceptors (Lipinski definition) is 2. The number of hydrogen-bond donors (Lipinski definition) is 1. The number of phenols is 1. The third kappa shape index (κ3) is 4.45. The normalized spacial score (nSPS) is 11.2. The van der Waals surface area contributed by atoms with Crippen LogP contribution in [0.5, 0.6) is 5.75 Å². The van der Waals surface area contributed by atoms with Crippen LogP contribution in [-0.4, -0.2) is 11.3 Å². The van der Waals surface area contributed by atoms with Gasteiger partial charge in [0.1, 0.15) is 11.4 Å². The molecule has 2 nitrogen and oxygen atoms in total. The third-order valence-electron chi connectivity index (χ3n) is 4.68. The maximum atomic E-state index is 10.1. The third-order valence-corrected chi connectivity index (χ3v) is 7.20. The van der Waals surface area contributed by atoms with E-state index in [0.717, 1.165) is 11.1 Å². The van der Waals surface area contributed by atoms with Crippen LogP contribution in [-0.2, 0) is 0 Å². The first kappa shape index (κ1) is 19.1. The van der Waals surface area contributed by atoms with Crippen molar-refractivity contribution in [3.8, 4) is 5.75 Å². The van der Waals surface area contributed by atoms with E-state index in [0.29, 0.717) is 5.69 Å². The molecule has 0 aliphatic heterocycles. The van der Waals surface area contributed by atoms with E-state index in [1.54, 1.807) is 6.07 Å². The second-order valence-electron chi connectivity index (χ2n) is 6.82. The Morgan fingerprint density at radius 2 is 1.31 bits per heavy atom. The molecule has 0 spiro atoms. The van der Waals surface area contributed by atoms with Crippen molar-refractivity contribution in [2.24, 2.45) is 4.99 Å². The first-order chi connectivity index (χ1) is 14.2. The maximum Gasteiger partial charge on any atom is 0.141 e. The van der Waals surface area contributed by atoms with Crippen LogP contribution in [0, 0.1) is 6.92 Å². The fourth-order valence-electron chi connectivity index (χ4n) is 3.26. The number of benzene rings is 4. The fourth-order valence-corrected chi connectivity index (χ4v) is 5.68. The lowest BCUT2D eigenvalue weighted by molar-refractivity contribution is 0.477. The minimum Gasteiger partial charge on any atom is -0.506 e. The number of nitrogens with zero attached hydrogens (tertiary/aromatic N) is 1. The Balaban J connectivity index is 1.81. The molecule has 142 valence electrons. The van der Waals surface area contributed by atoms with Gasteiger partial charge >= 0.3 is 0 Å². The van der Waals surface area contributed by atoms with Crippen molar-refractivity contribution in [2.75, 3.05) is 0 Å². The largest absolute Gasteiger partial charge is 0.506 e. The summed E-state index contributed by atoms with van der Waals surface area (Å²) < 4.78 is 0. The molecule has 29 heavy (non-hydrogen) atoms. The van der Waals surface area contributed by atoms with Crippen LogP contribution in [0.25, 0.3) is 0 Å². The highest BCUT2D eigenvalue weighted by Crippen LogP contribution is 2.34. The van der Waals surface area contributed by atoms with Crippen molar-refractivity contribution in [2.45, 2.75) is 6.92 Å². The van der Waals surface area contributed by atoms with Gasteiger partial charge < -0.3 is 5.11 Å². The second-order valence-corrected chi connectivity index (χ2v) is 9.00. The number of aryl methyl sites for hydroxylation is 1. The Hall–Kier alpha value is -3.22. The summed E-state index contributed by atoms with van der Waals surface area (Å²) in [5.41, 5.74) is 2.72. The summed E-state index contributed by atoms with van der Waals surface area (Å²) in [4.78, 5) is 4.60. The molecule has 0 aliphatic carbocycles. The Labute approximate surface area is 173 Å². The van der Waals surface area contributed by atoms with Crippen LogP contribution in [0.1, 0.15) is 11.1 Å². The van der Waals surface area contributed by atoms with Gasteiger partial charge in [0.25, 0.3) is 0 Å². The lowest BCUT2D eigenvalue weighted by Crippen LogP contribution is -2.23. The Morgan fingerprint density at radius 1 is 0.724 bits per heavy atom. The highest BCUT2D eigenvalue weighted by atomic mass is 31.1. The minimum absolute atomic E-state index is 0.192. The SMILES string of the molecule is Cc1ccc(O)c(/N=C/c2ccccc2P(c2ccccc2)c2ccccc2)c1. The van der Waals surface area contributed by atoms with Crippen LogP contribution < -0.4 is 15.9 Å². The second kappa shape index (κ2) is 8.86. The van der Waals surface area contributed by atoms with Gasteiger partial charge in [0.05, 0.1) is 0 Å². The van der Waals surface area contributed by atoms with E-state index in [1.165, 1.54) is 15.9 Å². The summed E-state index contributed by atoms with van der Waals surface area (Å²) in [5, 5.41) is 14.0. The zero-order chi connectivity index (χ0) is 20.1. The molecule has 0 heterocycles. The molecule has 0 saturated heterocycles. The van der Waals surface area contributed by atoms with E-state index in [9.17, 15) is 5.11 Å². The van der Waals surface area contributed by atoms with Gasteiger partial charge in [0.15, 0.2) is 0 Å². The topological polar surface area (TPSA) is 32.6 Å². The van der Waals surface area contributed by atoms with Crippen molar-refractivity contribution in [3.05, 3.63) is 114 Å². The Kier molecular flexibility index (Phi) is 5.84. The molecular formula is C26H22NOP. The molecule has 4 aromatic carbocycles. The number of phenolic OH excluding ortho intramolecular Hbond substituents is 1. The molecule has 4 rings (SSSR count). The fraction of sp³-hybridized carbons (Fsp3) is 0.0385. The van der Waals surface area contributed by atoms with Crippen LogP contribution in [0.4, 0.5) is 5.69 Å². The summed E-state index contributed by atoms with van der Waals surface area (Å²) in [7, 11) is -0.715. The van der Waals surface area contributed by atoms with Crippen molar-refractivity contribution < 1.29 is 5.11 Å². The summed E-state index contributed by atoms with van der Waals surface area (Å²) in [6.07, 6.45) is 1.87. The zero-order valence-electron chi connectivity index (χ0n) is 16.2. The molecular weight excluding hydrogens is 373 g/mol. The molecule has 0 unspecified atom stereocenters. The average molecular weight is 395 g/mol. The van der Waals surface area contributed by atoms with Crippen LogP contribution >= 0.6 is 7.92 Å². The predicted octanol–water partition coefficient (Wildman–Crippen LogP) is 5.21. The van der Waals surface area contributed by atoms with Crippen molar-refractivity contribution in [1.29, 1.82) is 0 Å². The summed E-state index contributed by atoms with van der Waals surface area (Å²) in [6.45, 7) is 2.00. The average Bonchev–Trinajstić information content (AvgIpc) is 2.77. The molecule has 0 saturated carbocycles. The number of aromatic hydroxyl groups is 1. The number of rotatable bonds is 5. The molecule has 0 aliphatic rings. The van der Waals surface area contributed by atoms with Gasteiger partial charge in [-0.05, 0) is 48.5 Å². The quantitative estimate of drug-likeness (QED) is 0.365. The van der Waals surface area contributed by atoms with Crippen LogP contribution in [0.2, 0.25) is 0 Å². The smallest absolute Gasteiger partial charge is 0.141 e. The van der Waals surface area contributed by atoms with Gasteiger partial charge in [0, 0.05) is 11.8 Å². The highest BCUT2D eigenvalue weighted by Gasteiger charge is 2.18. The lowest BCUT2D eigenvalue weighted by Gasteiger charge is -2.21. The van der Waals surface area contributed by atoms with E-state index >= 15 is 0 Å². The Bertz CT molecular complexity index is 1080. The first-order valence-corrected chi connectivity index (χ1v) is 10.9. The van der Waals surface area contributed by atoms with Gasteiger partial charge in [0.2, 0.25) is 0 Å². The highest BCUT2D eigenvalue weighted by molar-refractivity contribution is 7.80. The predicted molar refractivity (Wildman–Crippen MR) is 125 cm³/mol. The van der Waals surface area contributed by atoms with Gasteiger partial charge in [-0.1, -0.05) is 91.0 Å².